The number of nitrogens with one attached hydrogen (secondary N) is 1. The van der Waals surface area contributed by atoms with Crippen LogP contribution in [0, 0.1) is 5.92 Å². The van der Waals surface area contributed by atoms with Gasteiger partial charge in [-0.3, -0.25) is 4.79 Å². The fourth-order valence-electron chi connectivity index (χ4n) is 5.64. The van der Waals surface area contributed by atoms with Crippen LogP contribution in [0.2, 0.25) is 10.0 Å². The largest absolute Gasteiger partial charge is 0.497 e. The van der Waals surface area contributed by atoms with E-state index in [2.05, 4.69) is 11.6 Å². The van der Waals surface area contributed by atoms with E-state index in [0.717, 1.165) is 22.3 Å². The topological polar surface area (TPSA) is 84.9 Å². The molecule has 1 saturated heterocycles. The Morgan fingerprint density at radius 2 is 1.64 bits per heavy atom. The van der Waals surface area contributed by atoms with Crippen molar-refractivity contribution in [3.05, 3.63) is 75.8 Å². The number of carbonyl (C=O) groups excluding carboxylic acids is 1. The van der Waals surface area contributed by atoms with E-state index in [1.54, 1.807) is 38.5 Å². The van der Waals surface area contributed by atoms with Gasteiger partial charge in [-0.2, -0.15) is 4.72 Å². The molecule has 7 nitrogen and oxygen atoms in total. The first-order valence-corrected chi connectivity index (χ1v) is 15.0. The van der Waals surface area contributed by atoms with Crippen LogP contribution in [0.15, 0.2) is 59.5 Å². The van der Waals surface area contributed by atoms with Crippen molar-refractivity contribution >= 4 is 39.1 Å². The van der Waals surface area contributed by atoms with Crippen molar-refractivity contribution in [3.8, 4) is 22.6 Å². The van der Waals surface area contributed by atoms with Crippen molar-refractivity contribution in [1.82, 2.24) is 9.62 Å². The average Bonchev–Trinajstić information content (AvgIpc) is 3.05. The maximum absolute atomic E-state index is 13.8. The molecule has 0 aromatic heterocycles. The number of rotatable bonds is 6. The molecule has 3 aromatic carbocycles. The fourth-order valence-corrected chi connectivity index (χ4v) is 7.16. The number of hydrogen-bond acceptors (Lipinski definition) is 5. The van der Waals surface area contributed by atoms with Gasteiger partial charge in [-0.25, -0.2) is 8.42 Å². The molecule has 3 aromatic rings. The number of nitrogens with zero attached hydrogens (tertiary/aromatic N) is 1. The Balaban J connectivity index is 1.39. The molecule has 0 saturated carbocycles. The van der Waals surface area contributed by atoms with Gasteiger partial charge in [0.1, 0.15) is 17.5 Å². The van der Waals surface area contributed by atoms with E-state index in [-0.39, 0.29) is 22.8 Å². The van der Waals surface area contributed by atoms with Crippen LogP contribution in [0.3, 0.4) is 0 Å². The standard InChI is InChI=1S/C29H30Cl2N2O5S/c1-17-4-11-25(29(34)33-13-12-20-14-21(37-2)16-26(38-3)27(20)28(17)33)32-39(35,36)22-8-5-18(6-9-22)19-7-10-23(30)24(31)15-19/h5-10,14-17,25,28,32H,4,11-13H2,1-3H3. The fraction of sp³-hybridized carbons (Fsp3) is 0.345. The zero-order valence-corrected chi connectivity index (χ0v) is 24.2. The van der Waals surface area contributed by atoms with Crippen LogP contribution in [-0.4, -0.2) is 46.0 Å². The van der Waals surface area contributed by atoms with Crippen LogP contribution < -0.4 is 14.2 Å². The van der Waals surface area contributed by atoms with Gasteiger partial charge in [-0.05, 0) is 72.2 Å². The molecule has 1 fully saturated rings. The van der Waals surface area contributed by atoms with Crippen LogP contribution in [0.4, 0.5) is 0 Å². The van der Waals surface area contributed by atoms with E-state index in [4.69, 9.17) is 32.7 Å². The van der Waals surface area contributed by atoms with Crippen molar-refractivity contribution < 1.29 is 22.7 Å². The van der Waals surface area contributed by atoms with Crippen molar-refractivity contribution in [3.63, 3.8) is 0 Å². The first kappa shape index (κ1) is 27.8. The summed E-state index contributed by atoms with van der Waals surface area (Å²) in [6.45, 7) is 2.59. The number of fused-ring (bicyclic) bond motifs is 3. The van der Waals surface area contributed by atoms with Crippen LogP contribution in [0.1, 0.15) is 36.9 Å². The van der Waals surface area contributed by atoms with Gasteiger partial charge in [-0.1, -0.05) is 48.3 Å². The lowest BCUT2D eigenvalue weighted by molar-refractivity contribution is -0.135. The van der Waals surface area contributed by atoms with Crippen molar-refractivity contribution in [2.24, 2.45) is 5.92 Å². The van der Waals surface area contributed by atoms with Gasteiger partial charge >= 0.3 is 0 Å². The summed E-state index contributed by atoms with van der Waals surface area (Å²) in [6, 6.07) is 14.5. The molecular weight excluding hydrogens is 559 g/mol. The number of halogens is 2. The normalized spacial score (nSPS) is 21.1. The molecule has 2 heterocycles. The Hall–Kier alpha value is -2.78. The van der Waals surface area contributed by atoms with Gasteiger partial charge in [0.25, 0.3) is 0 Å². The third kappa shape index (κ3) is 5.35. The van der Waals surface area contributed by atoms with E-state index in [0.29, 0.717) is 47.4 Å². The van der Waals surface area contributed by atoms with Gasteiger partial charge in [0.05, 0.1) is 35.2 Å². The molecule has 206 valence electrons. The van der Waals surface area contributed by atoms with E-state index >= 15 is 0 Å². The maximum Gasteiger partial charge on any atom is 0.241 e. The van der Waals surface area contributed by atoms with Gasteiger partial charge in [0, 0.05) is 18.2 Å². The Kier molecular flexibility index (Phi) is 7.84. The molecule has 0 radical (unpaired) electrons. The highest BCUT2D eigenvalue weighted by Crippen LogP contribution is 2.45. The Labute approximate surface area is 239 Å². The molecule has 2 aliphatic rings. The van der Waals surface area contributed by atoms with Crippen LogP contribution >= 0.6 is 23.2 Å². The maximum atomic E-state index is 13.8. The smallest absolute Gasteiger partial charge is 0.241 e. The number of ether oxygens (including phenoxy) is 2. The molecule has 5 rings (SSSR count). The highest BCUT2D eigenvalue weighted by Gasteiger charge is 2.43. The lowest BCUT2D eigenvalue weighted by Gasteiger charge is -2.40. The SMILES string of the molecule is COc1cc2c(c(OC)c1)C1C(C)CCC(NS(=O)(=O)c3ccc(-c4ccc(Cl)c(Cl)c4)cc3)C(=O)N1CC2. The predicted molar refractivity (Wildman–Crippen MR) is 152 cm³/mol. The van der Waals surface area contributed by atoms with E-state index in [1.165, 1.54) is 12.1 Å². The summed E-state index contributed by atoms with van der Waals surface area (Å²) in [5.74, 6) is 1.28. The second-order valence-corrected chi connectivity index (χ2v) is 12.5. The predicted octanol–water partition coefficient (Wildman–Crippen LogP) is 5.88. The number of amides is 1. The van der Waals surface area contributed by atoms with E-state index in [9.17, 15) is 13.2 Å². The second-order valence-electron chi connectivity index (χ2n) is 10.0. The number of hydrogen-bond donors (Lipinski definition) is 1. The molecule has 3 atom stereocenters. The summed E-state index contributed by atoms with van der Waals surface area (Å²) in [7, 11) is -0.718. The number of methoxy groups -OCH3 is 2. The van der Waals surface area contributed by atoms with Crippen LogP contribution in [0.25, 0.3) is 11.1 Å². The molecule has 0 spiro atoms. The minimum atomic E-state index is -3.95. The molecule has 3 unspecified atom stereocenters. The molecular formula is C29H30Cl2N2O5S. The zero-order chi connectivity index (χ0) is 27.9. The van der Waals surface area contributed by atoms with Gasteiger partial charge in [0.15, 0.2) is 0 Å². The molecule has 0 aliphatic carbocycles. The number of sulfonamides is 1. The molecule has 10 heteroatoms. The summed E-state index contributed by atoms with van der Waals surface area (Å²) >= 11 is 12.1. The lowest BCUT2D eigenvalue weighted by atomic mass is 9.83. The van der Waals surface area contributed by atoms with Gasteiger partial charge in [-0.15, -0.1) is 0 Å². The van der Waals surface area contributed by atoms with Gasteiger partial charge in [0.2, 0.25) is 15.9 Å². The quantitative estimate of drug-likeness (QED) is 0.388. The highest BCUT2D eigenvalue weighted by atomic mass is 35.5. The minimum Gasteiger partial charge on any atom is -0.497 e. The lowest BCUT2D eigenvalue weighted by Crippen LogP contribution is -2.50. The summed E-state index contributed by atoms with van der Waals surface area (Å²) < 4.78 is 40.6. The highest BCUT2D eigenvalue weighted by molar-refractivity contribution is 7.89. The first-order chi connectivity index (χ1) is 18.6. The number of carbonyl (C=O) groups is 1. The zero-order valence-electron chi connectivity index (χ0n) is 21.9. The number of benzene rings is 3. The minimum absolute atomic E-state index is 0.0886. The molecule has 2 aliphatic heterocycles. The Morgan fingerprint density at radius 3 is 2.31 bits per heavy atom. The molecule has 0 bridgehead atoms. The first-order valence-electron chi connectivity index (χ1n) is 12.8. The van der Waals surface area contributed by atoms with E-state index in [1.807, 2.05) is 23.1 Å². The monoisotopic (exact) mass is 588 g/mol. The third-order valence-electron chi connectivity index (χ3n) is 7.66. The van der Waals surface area contributed by atoms with E-state index < -0.39 is 16.1 Å². The van der Waals surface area contributed by atoms with Crippen molar-refractivity contribution in [2.45, 2.75) is 43.2 Å². The second kappa shape index (κ2) is 11.0. The summed E-state index contributed by atoms with van der Waals surface area (Å²) in [4.78, 5) is 15.7. The summed E-state index contributed by atoms with van der Waals surface area (Å²) in [5.41, 5.74) is 3.69. The average molecular weight is 590 g/mol. The summed E-state index contributed by atoms with van der Waals surface area (Å²) in [5, 5.41) is 0.868. The summed E-state index contributed by atoms with van der Waals surface area (Å²) in [6.07, 6.45) is 1.71. The third-order valence-corrected chi connectivity index (χ3v) is 9.88. The molecule has 39 heavy (non-hydrogen) atoms. The van der Waals surface area contributed by atoms with Crippen LogP contribution in [0.5, 0.6) is 11.5 Å². The molecule has 1 N–H and O–H groups in total. The Bertz CT molecular complexity index is 1490. The van der Waals surface area contributed by atoms with Crippen LogP contribution in [-0.2, 0) is 21.2 Å². The van der Waals surface area contributed by atoms with Crippen molar-refractivity contribution in [1.29, 1.82) is 0 Å². The molecule has 1 amide bonds. The van der Waals surface area contributed by atoms with Gasteiger partial charge < -0.3 is 14.4 Å². The van der Waals surface area contributed by atoms with Crippen molar-refractivity contribution in [2.75, 3.05) is 20.8 Å². The Morgan fingerprint density at radius 1 is 0.923 bits per heavy atom.